The van der Waals surface area contributed by atoms with Gasteiger partial charge in [-0.2, -0.15) is 0 Å². The fourth-order valence-electron chi connectivity index (χ4n) is 2.13. The summed E-state index contributed by atoms with van der Waals surface area (Å²) in [7, 11) is -1.95. The van der Waals surface area contributed by atoms with Crippen LogP contribution < -0.4 is 0 Å². The van der Waals surface area contributed by atoms with Crippen LogP contribution >= 0.6 is 0 Å². The maximum absolute atomic E-state index is 11.9. The van der Waals surface area contributed by atoms with Crippen LogP contribution in [-0.4, -0.2) is 37.1 Å². The molecular weight excluding hydrogens is 236 g/mol. The van der Waals surface area contributed by atoms with Gasteiger partial charge in [-0.3, -0.25) is 4.79 Å². The Balaban J connectivity index is 3.24. The Bertz CT molecular complexity index is 380. The highest BCUT2D eigenvalue weighted by Gasteiger charge is 2.56. The lowest BCUT2D eigenvalue weighted by Crippen LogP contribution is -2.52. The zero-order valence-electron chi connectivity index (χ0n) is 11.0. The van der Waals surface area contributed by atoms with E-state index in [9.17, 15) is 14.7 Å². The van der Waals surface area contributed by atoms with Crippen molar-refractivity contribution >= 4 is 19.8 Å². The molecule has 1 aliphatic rings. The molecule has 0 aromatic rings. The second-order valence-corrected chi connectivity index (χ2v) is 10.5. The highest BCUT2D eigenvalue weighted by molar-refractivity contribution is 6.84. The molecule has 0 aliphatic heterocycles. The van der Waals surface area contributed by atoms with Gasteiger partial charge in [0.1, 0.15) is 0 Å². The Morgan fingerprint density at radius 3 is 2.47 bits per heavy atom. The molecule has 17 heavy (non-hydrogen) atoms. The normalized spacial score (nSPS) is 29.2. The van der Waals surface area contributed by atoms with E-state index in [-0.39, 0.29) is 12.4 Å². The molecular formula is C12H20O4Si. The van der Waals surface area contributed by atoms with Crippen LogP contribution in [0.15, 0.2) is 11.3 Å². The van der Waals surface area contributed by atoms with Gasteiger partial charge in [-0.1, -0.05) is 26.6 Å². The summed E-state index contributed by atoms with van der Waals surface area (Å²) in [5, 5.41) is 11.2. The SMILES string of the molecule is CCOC(=O)C1(O)C([Si](C)(C)C)=CC(=O)C1C. The first-order valence-corrected chi connectivity index (χ1v) is 9.31. The maximum atomic E-state index is 11.9. The largest absolute Gasteiger partial charge is 0.464 e. The summed E-state index contributed by atoms with van der Waals surface area (Å²) in [6.07, 6.45) is 1.44. The summed E-state index contributed by atoms with van der Waals surface area (Å²) >= 11 is 0. The number of hydrogen-bond acceptors (Lipinski definition) is 4. The standard InChI is InChI=1S/C12H20O4Si/c1-6-16-11(14)12(15)8(2)9(13)7-10(12)17(3,4)5/h7-8,15H,6H2,1-5H3. The Labute approximate surface area is 103 Å². The van der Waals surface area contributed by atoms with Crippen molar-refractivity contribution in [2.24, 2.45) is 5.92 Å². The molecule has 96 valence electrons. The minimum Gasteiger partial charge on any atom is -0.464 e. The molecule has 0 heterocycles. The Morgan fingerprint density at radius 2 is 2.06 bits per heavy atom. The van der Waals surface area contributed by atoms with Crippen LogP contribution in [0.3, 0.4) is 0 Å². The minimum atomic E-state index is -1.95. The van der Waals surface area contributed by atoms with Crippen molar-refractivity contribution < 1.29 is 19.4 Å². The molecule has 0 bridgehead atoms. The molecule has 0 saturated carbocycles. The second-order valence-electron chi connectivity index (χ2n) is 5.42. The quantitative estimate of drug-likeness (QED) is 0.611. The van der Waals surface area contributed by atoms with E-state index in [0.29, 0.717) is 5.20 Å². The van der Waals surface area contributed by atoms with Crippen molar-refractivity contribution in [1.29, 1.82) is 0 Å². The first-order chi connectivity index (χ1) is 7.65. The Kier molecular flexibility index (Phi) is 3.64. The predicted molar refractivity (Wildman–Crippen MR) is 67.2 cm³/mol. The van der Waals surface area contributed by atoms with Gasteiger partial charge in [-0.25, -0.2) is 4.79 Å². The summed E-state index contributed by atoms with van der Waals surface area (Å²) in [6, 6.07) is 0. The van der Waals surface area contributed by atoms with Gasteiger partial charge in [0.2, 0.25) is 0 Å². The number of allylic oxidation sites excluding steroid dienone is 1. The van der Waals surface area contributed by atoms with Crippen molar-refractivity contribution in [1.82, 2.24) is 0 Å². The number of esters is 1. The molecule has 0 aromatic carbocycles. The fourth-order valence-corrected chi connectivity index (χ4v) is 4.17. The van der Waals surface area contributed by atoms with Crippen molar-refractivity contribution in [3.63, 3.8) is 0 Å². The van der Waals surface area contributed by atoms with E-state index in [1.165, 1.54) is 6.08 Å². The Hall–Kier alpha value is -0.943. The van der Waals surface area contributed by atoms with E-state index in [1.807, 2.05) is 19.6 Å². The average molecular weight is 256 g/mol. The summed E-state index contributed by atoms with van der Waals surface area (Å²) in [5.74, 6) is -1.65. The molecule has 2 atom stereocenters. The van der Waals surface area contributed by atoms with Crippen LogP contribution in [0.2, 0.25) is 19.6 Å². The third kappa shape index (κ3) is 2.21. The smallest absolute Gasteiger partial charge is 0.342 e. The molecule has 0 aromatic heterocycles. The Morgan fingerprint density at radius 1 is 1.53 bits per heavy atom. The van der Waals surface area contributed by atoms with E-state index in [1.54, 1.807) is 13.8 Å². The lowest BCUT2D eigenvalue weighted by molar-refractivity contribution is -0.165. The third-order valence-corrected chi connectivity index (χ3v) is 5.29. The molecule has 1 N–H and O–H groups in total. The number of carbonyl (C=O) groups excluding carboxylic acids is 2. The molecule has 0 radical (unpaired) electrons. The number of aliphatic hydroxyl groups is 1. The van der Waals surface area contributed by atoms with Gasteiger partial charge < -0.3 is 9.84 Å². The van der Waals surface area contributed by atoms with E-state index < -0.39 is 25.6 Å². The number of rotatable bonds is 3. The lowest BCUT2D eigenvalue weighted by Gasteiger charge is -2.33. The molecule has 1 rings (SSSR count). The van der Waals surface area contributed by atoms with Gasteiger partial charge in [0, 0.05) is 0 Å². The molecule has 4 nitrogen and oxygen atoms in total. The van der Waals surface area contributed by atoms with Crippen molar-refractivity contribution in [3.8, 4) is 0 Å². The molecule has 0 fully saturated rings. The fraction of sp³-hybridized carbons (Fsp3) is 0.667. The highest BCUT2D eigenvalue weighted by atomic mass is 28.3. The van der Waals surface area contributed by atoms with E-state index >= 15 is 0 Å². The molecule has 2 unspecified atom stereocenters. The number of carbonyl (C=O) groups is 2. The van der Waals surface area contributed by atoms with Crippen LogP contribution in [-0.2, 0) is 14.3 Å². The second kappa shape index (κ2) is 4.38. The first kappa shape index (κ1) is 14.1. The van der Waals surface area contributed by atoms with Gasteiger partial charge in [0.15, 0.2) is 11.4 Å². The highest BCUT2D eigenvalue weighted by Crippen LogP contribution is 2.39. The number of ether oxygens (including phenoxy) is 1. The average Bonchev–Trinajstić information content (AvgIpc) is 2.43. The van der Waals surface area contributed by atoms with Crippen molar-refractivity contribution in [2.75, 3.05) is 6.61 Å². The molecule has 0 saturated heterocycles. The zero-order chi connectivity index (χ0) is 13.4. The van der Waals surface area contributed by atoms with E-state index in [2.05, 4.69) is 0 Å². The van der Waals surface area contributed by atoms with Gasteiger partial charge in [-0.15, -0.1) is 0 Å². The summed E-state index contributed by atoms with van der Waals surface area (Å²) < 4.78 is 4.91. The van der Waals surface area contributed by atoms with Crippen LogP contribution in [0.4, 0.5) is 0 Å². The zero-order valence-corrected chi connectivity index (χ0v) is 12.0. The van der Waals surface area contributed by atoms with Gasteiger partial charge in [-0.05, 0) is 18.2 Å². The summed E-state index contributed by atoms with van der Waals surface area (Å²) in [6.45, 7) is 9.43. The maximum Gasteiger partial charge on any atom is 0.342 e. The van der Waals surface area contributed by atoms with Crippen LogP contribution in [0.25, 0.3) is 0 Å². The lowest BCUT2D eigenvalue weighted by atomic mass is 9.91. The van der Waals surface area contributed by atoms with E-state index in [0.717, 1.165) is 0 Å². The van der Waals surface area contributed by atoms with Gasteiger partial charge in [0.05, 0.1) is 20.6 Å². The summed E-state index contributed by atoms with van der Waals surface area (Å²) in [4.78, 5) is 23.7. The van der Waals surface area contributed by atoms with Crippen molar-refractivity contribution in [2.45, 2.75) is 39.1 Å². The van der Waals surface area contributed by atoms with Gasteiger partial charge >= 0.3 is 5.97 Å². The molecule has 5 heteroatoms. The minimum absolute atomic E-state index is 0.195. The topological polar surface area (TPSA) is 63.6 Å². The monoisotopic (exact) mass is 256 g/mol. The predicted octanol–water partition coefficient (Wildman–Crippen LogP) is 1.30. The third-order valence-electron chi connectivity index (χ3n) is 3.15. The van der Waals surface area contributed by atoms with Crippen LogP contribution in [0.5, 0.6) is 0 Å². The molecule has 0 amide bonds. The van der Waals surface area contributed by atoms with E-state index in [4.69, 9.17) is 4.74 Å². The first-order valence-electron chi connectivity index (χ1n) is 5.81. The van der Waals surface area contributed by atoms with Crippen LogP contribution in [0, 0.1) is 5.92 Å². The van der Waals surface area contributed by atoms with Crippen molar-refractivity contribution in [3.05, 3.63) is 11.3 Å². The number of ketones is 1. The molecule has 0 spiro atoms. The van der Waals surface area contributed by atoms with Crippen LogP contribution in [0.1, 0.15) is 13.8 Å². The van der Waals surface area contributed by atoms with Gasteiger partial charge in [0.25, 0.3) is 0 Å². The summed E-state index contributed by atoms with van der Waals surface area (Å²) in [5.41, 5.74) is -1.75. The molecule has 1 aliphatic carbocycles. The number of hydrogen-bond donors (Lipinski definition) is 1.